The molecule has 0 aliphatic heterocycles. The number of hydrogen-bond donors (Lipinski definition) is 2. The molecular formula is C18H11Br2N3O4. The summed E-state index contributed by atoms with van der Waals surface area (Å²) in [6.07, 6.45) is 2.76. The van der Waals surface area contributed by atoms with E-state index in [9.17, 15) is 19.7 Å². The van der Waals surface area contributed by atoms with E-state index in [-0.39, 0.29) is 5.43 Å². The van der Waals surface area contributed by atoms with Gasteiger partial charge in [0, 0.05) is 26.6 Å². The maximum Gasteiger partial charge on any atom is 0.332 e. The number of halogens is 2. The smallest absolute Gasteiger partial charge is 0.332 e. The average Bonchev–Trinajstić information content (AvgIpc) is 2.62. The van der Waals surface area contributed by atoms with Crippen molar-refractivity contribution < 1.29 is 4.92 Å². The van der Waals surface area contributed by atoms with Crippen molar-refractivity contribution in [3.63, 3.8) is 0 Å². The Bertz CT molecular complexity index is 1280. The van der Waals surface area contributed by atoms with Crippen LogP contribution in [0.5, 0.6) is 0 Å². The molecule has 0 spiro atoms. The molecule has 0 unspecified atom stereocenters. The second kappa shape index (κ2) is 7.85. The van der Waals surface area contributed by atoms with Crippen LogP contribution in [0.1, 0.15) is 0 Å². The van der Waals surface area contributed by atoms with Gasteiger partial charge in [0.05, 0.1) is 27.5 Å². The molecule has 9 heteroatoms. The number of nitrogens with zero attached hydrogens (tertiary/aromatic N) is 1. The zero-order valence-electron chi connectivity index (χ0n) is 13.5. The van der Waals surface area contributed by atoms with Crippen molar-refractivity contribution >= 4 is 59.4 Å². The number of rotatable bonds is 1. The van der Waals surface area contributed by atoms with Gasteiger partial charge in [0.1, 0.15) is 0 Å². The largest absolute Gasteiger partial charge is 0.361 e. The zero-order valence-corrected chi connectivity index (χ0v) is 16.7. The highest BCUT2D eigenvalue weighted by Gasteiger charge is 2.14. The summed E-state index contributed by atoms with van der Waals surface area (Å²) in [5.74, 6) is 0. The van der Waals surface area contributed by atoms with Gasteiger partial charge in [-0.05, 0) is 36.4 Å². The van der Waals surface area contributed by atoms with E-state index in [2.05, 4.69) is 41.8 Å². The van der Waals surface area contributed by atoms with Crippen molar-refractivity contribution in [3.8, 4) is 0 Å². The Kier molecular flexibility index (Phi) is 5.52. The van der Waals surface area contributed by atoms with Gasteiger partial charge in [0.25, 0.3) is 5.43 Å². The zero-order chi connectivity index (χ0) is 19.6. The Labute approximate surface area is 168 Å². The Hall–Kier alpha value is -2.78. The summed E-state index contributed by atoms with van der Waals surface area (Å²) in [4.78, 5) is 38.4. The van der Waals surface area contributed by atoms with Crippen LogP contribution in [0.2, 0.25) is 0 Å². The highest BCUT2D eigenvalue weighted by Crippen LogP contribution is 2.17. The molecule has 0 amide bonds. The van der Waals surface area contributed by atoms with Gasteiger partial charge in [-0.1, -0.05) is 31.9 Å². The van der Waals surface area contributed by atoms with Crippen LogP contribution >= 0.6 is 31.9 Å². The Balaban J connectivity index is 0.000000159. The molecule has 0 aliphatic rings. The second-order valence-electron chi connectivity index (χ2n) is 5.48. The summed E-state index contributed by atoms with van der Waals surface area (Å²) in [6, 6.07) is 12.0. The van der Waals surface area contributed by atoms with Crippen LogP contribution < -0.4 is 10.9 Å². The number of pyridine rings is 2. The summed E-state index contributed by atoms with van der Waals surface area (Å²) >= 11 is 6.58. The normalized spacial score (nSPS) is 10.4. The number of H-pyrrole nitrogens is 2. The molecule has 0 fully saturated rings. The Morgan fingerprint density at radius 3 is 2.07 bits per heavy atom. The summed E-state index contributed by atoms with van der Waals surface area (Å²) in [6.45, 7) is 0. The fourth-order valence-corrected chi connectivity index (χ4v) is 3.19. The number of nitrogens with one attached hydrogen (secondary N) is 2. The fourth-order valence-electron chi connectivity index (χ4n) is 2.47. The topological polar surface area (TPSA) is 109 Å². The first-order valence-corrected chi connectivity index (χ1v) is 9.18. The third-order valence-corrected chi connectivity index (χ3v) is 4.73. The van der Waals surface area contributed by atoms with Crippen molar-refractivity contribution in [1.82, 2.24) is 9.97 Å². The molecular weight excluding hydrogens is 482 g/mol. The van der Waals surface area contributed by atoms with E-state index >= 15 is 0 Å². The molecule has 2 N–H and O–H groups in total. The number of hydrogen-bond acceptors (Lipinski definition) is 4. The maximum atomic E-state index is 11.6. The van der Waals surface area contributed by atoms with Crippen molar-refractivity contribution in [2.45, 2.75) is 0 Å². The predicted octanol–water partition coefficient (Wildman–Crippen LogP) is 4.49. The Morgan fingerprint density at radius 2 is 1.44 bits per heavy atom. The van der Waals surface area contributed by atoms with Gasteiger partial charge in [-0.25, -0.2) is 0 Å². The molecule has 7 nitrogen and oxygen atoms in total. The molecule has 0 bridgehead atoms. The van der Waals surface area contributed by atoms with Gasteiger partial charge in [-0.3, -0.25) is 19.7 Å². The molecule has 27 heavy (non-hydrogen) atoms. The highest BCUT2D eigenvalue weighted by atomic mass is 79.9. The first-order chi connectivity index (χ1) is 12.9. The van der Waals surface area contributed by atoms with E-state index < -0.39 is 16.0 Å². The lowest BCUT2D eigenvalue weighted by molar-refractivity contribution is -0.386. The molecule has 136 valence electrons. The third kappa shape index (κ3) is 4.15. The second-order valence-corrected chi connectivity index (χ2v) is 7.31. The first kappa shape index (κ1) is 19.0. The van der Waals surface area contributed by atoms with Gasteiger partial charge < -0.3 is 9.97 Å². The maximum absolute atomic E-state index is 11.6. The molecule has 2 aromatic carbocycles. The van der Waals surface area contributed by atoms with E-state index in [0.29, 0.717) is 10.9 Å². The summed E-state index contributed by atoms with van der Waals surface area (Å²) < 4.78 is 1.77. The van der Waals surface area contributed by atoms with E-state index in [0.717, 1.165) is 26.0 Å². The minimum atomic E-state index is -0.694. The van der Waals surface area contributed by atoms with Gasteiger partial charge in [0.2, 0.25) is 0 Å². The van der Waals surface area contributed by atoms with E-state index in [4.69, 9.17) is 0 Å². The molecule has 2 aromatic heterocycles. The lowest BCUT2D eigenvalue weighted by Crippen LogP contribution is -2.08. The molecule has 0 saturated heterocycles. The number of aromatic amines is 2. The monoisotopic (exact) mass is 491 g/mol. The van der Waals surface area contributed by atoms with Crippen molar-refractivity contribution in [3.05, 3.63) is 94.4 Å². The minimum absolute atomic E-state index is 0.0521. The fraction of sp³-hybridized carbons (Fsp3) is 0. The standard InChI is InChI=1S/C9H5BrN2O3.C9H6BrNO/c10-5-1-2-6-7(3-5)11-4-8(9(6)13)12(14)15;10-6-1-2-7-8(5-6)11-4-3-9(7)12/h1-4H,(H,11,13);1-5H,(H,11,12). The van der Waals surface area contributed by atoms with Crippen LogP contribution in [0, 0.1) is 10.1 Å². The van der Waals surface area contributed by atoms with Crippen LogP contribution in [-0.4, -0.2) is 14.9 Å². The SMILES string of the molecule is O=c1c([N+](=O)[O-])c[nH]c2cc(Br)ccc12.O=c1cc[nH]c2cc(Br)ccc12. The van der Waals surface area contributed by atoms with Crippen LogP contribution in [-0.2, 0) is 0 Å². The Morgan fingerprint density at radius 1 is 0.852 bits per heavy atom. The van der Waals surface area contributed by atoms with Gasteiger partial charge in [0.15, 0.2) is 5.43 Å². The first-order valence-electron chi connectivity index (χ1n) is 7.59. The molecule has 0 aliphatic carbocycles. The number of benzene rings is 2. The summed E-state index contributed by atoms with van der Waals surface area (Å²) in [5, 5.41) is 11.5. The van der Waals surface area contributed by atoms with Crippen molar-refractivity contribution in [2.24, 2.45) is 0 Å². The van der Waals surface area contributed by atoms with E-state index in [1.807, 2.05) is 12.1 Å². The number of nitro groups is 1. The molecule has 0 saturated carbocycles. The van der Waals surface area contributed by atoms with Crippen molar-refractivity contribution in [2.75, 3.05) is 0 Å². The number of fused-ring (bicyclic) bond motifs is 2. The number of aromatic nitrogens is 2. The molecule has 4 rings (SSSR count). The van der Waals surface area contributed by atoms with Gasteiger partial charge in [-0.15, -0.1) is 0 Å². The quantitative estimate of drug-likeness (QED) is 0.301. The lowest BCUT2D eigenvalue weighted by atomic mass is 10.2. The van der Waals surface area contributed by atoms with Crippen LogP contribution in [0.15, 0.2) is 73.4 Å². The third-order valence-electron chi connectivity index (χ3n) is 3.74. The molecule has 0 atom stereocenters. The molecule has 0 radical (unpaired) electrons. The highest BCUT2D eigenvalue weighted by molar-refractivity contribution is 9.10. The van der Waals surface area contributed by atoms with Crippen LogP contribution in [0.25, 0.3) is 21.8 Å². The lowest BCUT2D eigenvalue weighted by Gasteiger charge is -1.97. The van der Waals surface area contributed by atoms with E-state index in [1.54, 1.807) is 30.5 Å². The van der Waals surface area contributed by atoms with Crippen LogP contribution in [0.3, 0.4) is 0 Å². The van der Waals surface area contributed by atoms with E-state index in [1.165, 1.54) is 6.07 Å². The minimum Gasteiger partial charge on any atom is -0.361 e. The average molecular weight is 493 g/mol. The van der Waals surface area contributed by atoms with Gasteiger partial charge >= 0.3 is 5.69 Å². The summed E-state index contributed by atoms with van der Waals surface area (Å²) in [7, 11) is 0. The van der Waals surface area contributed by atoms with Crippen LogP contribution in [0.4, 0.5) is 5.69 Å². The summed E-state index contributed by atoms with van der Waals surface area (Å²) in [5.41, 5.74) is 0.471. The van der Waals surface area contributed by atoms with Gasteiger partial charge in [-0.2, -0.15) is 0 Å². The molecule has 4 aromatic rings. The van der Waals surface area contributed by atoms with Crippen molar-refractivity contribution in [1.29, 1.82) is 0 Å². The predicted molar refractivity (Wildman–Crippen MR) is 111 cm³/mol. The molecule has 2 heterocycles.